The molecule has 2 unspecified atom stereocenters. The number of anilines is 1. The molecule has 2 atom stereocenters. The summed E-state index contributed by atoms with van der Waals surface area (Å²) >= 11 is 2.28. The number of amides is 1. The number of hydrogen-bond acceptors (Lipinski definition) is 3. The standard InChI is InChI=1S/C16H24IN3O/c1-11-8-14(17)5-6-15(11)19-16(21)10-20-7-3-4-13(9-20)12(2)18/h5-6,8,12-13H,3-4,7,9-10,18H2,1-2H3,(H,19,21). The lowest BCUT2D eigenvalue weighted by atomic mass is 9.92. The van der Waals surface area contributed by atoms with Crippen LogP contribution in [0.1, 0.15) is 25.3 Å². The van der Waals surface area contributed by atoms with Crippen molar-refractivity contribution < 1.29 is 4.79 Å². The van der Waals surface area contributed by atoms with Crippen LogP contribution >= 0.6 is 22.6 Å². The van der Waals surface area contributed by atoms with E-state index in [4.69, 9.17) is 5.73 Å². The largest absolute Gasteiger partial charge is 0.328 e. The van der Waals surface area contributed by atoms with E-state index in [1.54, 1.807) is 0 Å². The number of halogens is 1. The normalized spacial score (nSPS) is 21.0. The quantitative estimate of drug-likeness (QED) is 0.763. The molecular weight excluding hydrogens is 377 g/mol. The fourth-order valence-electron chi connectivity index (χ4n) is 2.82. The number of likely N-dealkylation sites (tertiary alicyclic amines) is 1. The number of carbonyl (C=O) groups is 1. The van der Waals surface area contributed by atoms with E-state index >= 15 is 0 Å². The van der Waals surface area contributed by atoms with Crippen LogP contribution in [0.2, 0.25) is 0 Å². The second kappa shape index (κ2) is 7.56. The number of aryl methyl sites for hydroxylation is 1. The molecule has 4 nitrogen and oxygen atoms in total. The summed E-state index contributed by atoms with van der Waals surface area (Å²) in [5.41, 5.74) is 7.99. The van der Waals surface area contributed by atoms with Gasteiger partial charge in [-0.2, -0.15) is 0 Å². The van der Waals surface area contributed by atoms with Crippen LogP contribution in [0, 0.1) is 16.4 Å². The van der Waals surface area contributed by atoms with E-state index < -0.39 is 0 Å². The third kappa shape index (κ3) is 4.93. The second-order valence-electron chi connectivity index (χ2n) is 6.00. The zero-order valence-corrected chi connectivity index (χ0v) is 14.9. The van der Waals surface area contributed by atoms with Gasteiger partial charge in [-0.15, -0.1) is 0 Å². The molecule has 1 amide bonds. The molecule has 21 heavy (non-hydrogen) atoms. The van der Waals surface area contributed by atoms with Gasteiger partial charge in [-0.25, -0.2) is 0 Å². The SMILES string of the molecule is Cc1cc(I)ccc1NC(=O)CN1CCCC(C(C)N)C1. The molecule has 1 aliphatic heterocycles. The van der Waals surface area contributed by atoms with Crippen molar-refractivity contribution >= 4 is 34.2 Å². The molecule has 0 aliphatic carbocycles. The Kier molecular flexibility index (Phi) is 6.01. The predicted octanol–water partition coefficient (Wildman–Crippen LogP) is 2.60. The fraction of sp³-hybridized carbons (Fsp3) is 0.562. The molecule has 1 fully saturated rings. The number of hydrogen-bond donors (Lipinski definition) is 2. The molecule has 116 valence electrons. The van der Waals surface area contributed by atoms with Gasteiger partial charge in [-0.1, -0.05) is 0 Å². The van der Waals surface area contributed by atoms with E-state index in [0.717, 1.165) is 30.8 Å². The highest BCUT2D eigenvalue weighted by atomic mass is 127. The van der Waals surface area contributed by atoms with Crippen molar-refractivity contribution in [2.24, 2.45) is 11.7 Å². The minimum absolute atomic E-state index is 0.0598. The number of nitrogens with zero attached hydrogens (tertiary/aromatic N) is 1. The molecular formula is C16H24IN3O. The fourth-order valence-corrected chi connectivity index (χ4v) is 3.47. The van der Waals surface area contributed by atoms with Gasteiger partial charge in [0, 0.05) is 21.8 Å². The molecule has 1 aromatic rings. The van der Waals surface area contributed by atoms with Crippen molar-refractivity contribution in [1.82, 2.24) is 4.90 Å². The van der Waals surface area contributed by atoms with E-state index in [2.05, 4.69) is 45.8 Å². The van der Waals surface area contributed by atoms with Crippen molar-refractivity contribution in [3.05, 3.63) is 27.3 Å². The molecule has 0 bridgehead atoms. The van der Waals surface area contributed by atoms with Crippen molar-refractivity contribution in [2.75, 3.05) is 25.0 Å². The first-order chi connectivity index (χ1) is 9.95. The highest BCUT2D eigenvalue weighted by Gasteiger charge is 2.23. The first-order valence-electron chi connectivity index (χ1n) is 7.49. The summed E-state index contributed by atoms with van der Waals surface area (Å²) in [6, 6.07) is 6.25. The maximum atomic E-state index is 12.2. The minimum atomic E-state index is 0.0598. The van der Waals surface area contributed by atoms with Gasteiger partial charge in [0.05, 0.1) is 6.54 Å². The molecule has 1 heterocycles. The van der Waals surface area contributed by atoms with Crippen LogP contribution in [0.4, 0.5) is 5.69 Å². The zero-order chi connectivity index (χ0) is 15.4. The summed E-state index contributed by atoms with van der Waals surface area (Å²) in [6.45, 7) is 6.45. The summed E-state index contributed by atoms with van der Waals surface area (Å²) in [5.74, 6) is 0.566. The van der Waals surface area contributed by atoms with Crippen LogP contribution in [0.15, 0.2) is 18.2 Å². The molecule has 1 aliphatic rings. The Bertz CT molecular complexity index is 504. The lowest BCUT2D eigenvalue weighted by molar-refractivity contribution is -0.117. The highest BCUT2D eigenvalue weighted by Crippen LogP contribution is 2.20. The minimum Gasteiger partial charge on any atom is -0.328 e. The van der Waals surface area contributed by atoms with Crippen molar-refractivity contribution in [3.8, 4) is 0 Å². The molecule has 3 N–H and O–H groups in total. The lowest BCUT2D eigenvalue weighted by Gasteiger charge is -2.34. The summed E-state index contributed by atoms with van der Waals surface area (Å²) in [6.07, 6.45) is 2.30. The number of rotatable bonds is 4. The Morgan fingerprint density at radius 3 is 3.00 bits per heavy atom. The van der Waals surface area contributed by atoms with Gasteiger partial charge in [-0.3, -0.25) is 9.69 Å². The van der Waals surface area contributed by atoms with E-state index in [1.807, 2.05) is 19.1 Å². The molecule has 0 aromatic heterocycles. The number of nitrogens with one attached hydrogen (secondary N) is 1. The molecule has 2 rings (SSSR count). The third-order valence-corrected chi connectivity index (χ3v) is 4.79. The average Bonchev–Trinajstić information content (AvgIpc) is 2.42. The molecule has 5 heteroatoms. The topological polar surface area (TPSA) is 58.4 Å². The van der Waals surface area contributed by atoms with Crippen LogP contribution in [0.5, 0.6) is 0 Å². The molecule has 0 radical (unpaired) electrons. The third-order valence-electron chi connectivity index (χ3n) is 4.12. The number of carbonyl (C=O) groups excluding carboxylic acids is 1. The van der Waals surface area contributed by atoms with Crippen LogP contribution in [0.25, 0.3) is 0 Å². The van der Waals surface area contributed by atoms with Crippen LogP contribution in [0.3, 0.4) is 0 Å². The Balaban J connectivity index is 1.89. The van der Waals surface area contributed by atoms with Crippen molar-refractivity contribution in [1.29, 1.82) is 0 Å². The van der Waals surface area contributed by atoms with E-state index in [-0.39, 0.29) is 11.9 Å². The monoisotopic (exact) mass is 401 g/mol. The summed E-state index contributed by atoms with van der Waals surface area (Å²) in [4.78, 5) is 14.4. The zero-order valence-electron chi connectivity index (χ0n) is 12.7. The van der Waals surface area contributed by atoms with Gasteiger partial charge in [-0.05, 0) is 85.5 Å². The van der Waals surface area contributed by atoms with Gasteiger partial charge < -0.3 is 11.1 Å². The first-order valence-corrected chi connectivity index (χ1v) is 8.57. The molecule has 1 aromatic carbocycles. The Hall–Kier alpha value is -0.660. The van der Waals surface area contributed by atoms with Crippen LogP contribution in [-0.4, -0.2) is 36.5 Å². The summed E-state index contributed by atoms with van der Waals surface area (Å²) < 4.78 is 1.18. The average molecular weight is 401 g/mol. The highest BCUT2D eigenvalue weighted by molar-refractivity contribution is 14.1. The van der Waals surface area contributed by atoms with Gasteiger partial charge in [0.15, 0.2) is 0 Å². The molecule has 0 spiro atoms. The van der Waals surface area contributed by atoms with Crippen molar-refractivity contribution in [3.63, 3.8) is 0 Å². The van der Waals surface area contributed by atoms with Gasteiger partial charge >= 0.3 is 0 Å². The molecule has 1 saturated heterocycles. The maximum Gasteiger partial charge on any atom is 0.238 e. The predicted molar refractivity (Wildman–Crippen MR) is 95.3 cm³/mol. The lowest BCUT2D eigenvalue weighted by Crippen LogP contribution is -2.45. The first kappa shape index (κ1) is 16.7. The van der Waals surface area contributed by atoms with E-state index in [9.17, 15) is 4.79 Å². The van der Waals surface area contributed by atoms with Crippen molar-refractivity contribution in [2.45, 2.75) is 32.7 Å². The smallest absolute Gasteiger partial charge is 0.238 e. The van der Waals surface area contributed by atoms with E-state index in [0.29, 0.717) is 12.5 Å². The van der Waals surface area contributed by atoms with Gasteiger partial charge in [0.2, 0.25) is 5.91 Å². The Labute approximate surface area is 140 Å². The summed E-state index contributed by atoms with van der Waals surface area (Å²) in [7, 11) is 0. The van der Waals surface area contributed by atoms with Crippen LogP contribution < -0.4 is 11.1 Å². The van der Waals surface area contributed by atoms with Gasteiger partial charge in [0.1, 0.15) is 0 Å². The van der Waals surface area contributed by atoms with E-state index in [1.165, 1.54) is 9.99 Å². The number of piperidine rings is 1. The van der Waals surface area contributed by atoms with Crippen LogP contribution in [-0.2, 0) is 4.79 Å². The summed E-state index contributed by atoms with van der Waals surface area (Å²) in [5, 5.41) is 3.01. The Morgan fingerprint density at radius 1 is 1.57 bits per heavy atom. The molecule has 0 saturated carbocycles. The number of nitrogens with two attached hydrogens (primary N) is 1. The second-order valence-corrected chi connectivity index (χ2v) is 7.25. The van der Waals surface area contributed by atoms with Gasteiger partial charge in [0.25, 0.3) is 0 Å². The Morgan fingerprint density at radius 2 is 2.33 bits per heavy atom. The maximum absolute atomic E-state index is 12.2. The number of benzene rings is 1.